The predicted octanol–water partition coefficient (Wildman–Crippen LogP) is -2.02. The molecule has 0 spiro atoms. The molecule has 3 amide bonds. The molecule has 2 rings (SSSR count). The van der Waals surface area contributed by atoms with Gasteiger partial charge in [-0.1, -0.05) is 30.3 Å². The number of carboxylic acids is 1. The summed E-state index contributed by atoms with van der Waals surface area (Å²) in [6.45, 7) is -0.826. The minimum absolute atomic E-state index is 0.0327. The lowest BCUT2D eigenvalue weighted by atomic mass is 10.0. The molecule has 2 aromatic rings. The number of benzene rings is 1. The third-order valence-electron chi connectivity index (χ3n) is 4.86. The van der Waals surface area contributed by atoms with E-state index in [0.717, 1.165) is 0 Å². The zero-order chi connectivity index (χ0) is 25.1. The molecule has 12 nitrogen and oxygen atoms in total. The summed E-state index contributed by atoms with van der Waals surface area (Å²) in [5.74, 6) is -3.48. The number of amides is 3. The number of carbonyl (C=O) groups is 4. The summed E-state index contributed by atoms with van der Waals surface area (Å²) in [6.07, 6.45) is 2.97. The van der Waals surface area contributed by atoms with Crippen LogP contribution in [-0.4, -0.2) is 80.4 Å². The van der Waals surface area contributed by atoms with Crippen molar-refractivity contribution < 1.29 is 29.4 Å². The van der Waals surface area contributed by atoms with Crippen LogP contribution in [0.4, 0.5) is 0 Å². The van der Waals surface area contributed by atoms with Gasteiger partial charge in [0.25, 0.3) is 0 Å². The first kappa shape index (κ1) is 26.8. The summed E-state index contributed by atoms with van der Waals surface area (Å²) in [5.41, 5.74) is 6.95. The van der Waals surface area contributed by atoms with Crippen LogP contribution in [0.15, 0.2) is 42.9 Å². The zero-order valence-corrected chi connectivity index (χ0v) is 19.1. The van der Waals surface area contributed by atoms with Crippen molar-refractivity contribution >= 4 is 36.3 Å². The second-order valence-electron chi connectivity index (χ2n) is 7.46. The summed E-state index contributed by atoms with van der Waals surface area (Å²) in [6, 6.07) is 3.96. The Kier molecular flexibility index (Phi) is 10.5. The molecule has 34 heavy (non-hydrogen) atoms. The van der Waals surface area contributed by atoms with Gasteiger partial charge in [0.1, 0.15) is 18.1 Å². The van der Waals surface area contributed by atoms with Crippen LogP contribution < -0.4 is 21.7 Å². The zero-order valence-electron chi connectivity index (χ0n) is 18.2. The van der Waals surface area contributed by atoms with Crippen molar-refractivity contribution in [2.24, 2.45) is 5.73 Å². The van der Waals surface area contributed by atoms with E-state index in [1.807, 2.05) is 0 Å². The summed E-state index contributed by atoms with van der Waals surface area (Å²) in [7, 11) is 0. The van der Waals surface area contributed by atoms with Crippen molar-refractivity contribution in [3.8, 4) is 0 Å². The SMILES string of the molecule is NC(CS)C(=O)NC(Cc1cnc[nH]1)C(=O)NC(Cc1ccccc1)C(=O)NC(CO)C(=O)O. The van der Waals surface area contributed by atoms with Crippen molar-refractivity contribution in [2.45, 2.75) is 37.0 Å². The van der Waals surface area contributed by atoms with Crippen LogP contribution in [0.3, 0.4) is 0 Å². The van der Waals surface area contributed by atoms with Gasteiger partial charge in [-0.05, 0) is 5.56 Å². The molecule has 0 radical (unpaired) electrons. The van der Waals surface area contributed by atoms with E-state index in [9.17, 15) is 24.3 Å². The van der Waals surface area contributed by atoms with Gasteiger partial charge in [0, 0.05) is 30.5 Å². The molecule has 1 heterocycles. The van der Waals surface area contributed by atoms with Gasteiger partial charge in [-0.15, -0.1) is 0 Å². The van der Waals surface area contributed by atoms with Crippen molar-refractivity contribution in [1.82, 2.24) is 25.9 Å². The number of thiol groups is 1. The molecular weight excluding hydrogens is 464 g/mol. The number of aromatic amines is 1. The molecule has 184 valence electrons. The number of hydrogen-bond donors (Lipinski definition) is 8. The van der Waals surface area contributed by atoms with Gasteiger partial charge < -0.3 is 36.9 Å². The molecule has 4 unspecified atom stereocenters. The maximum Gasteiger partial charge on any atom is 0.328 e. The summed E-state index contributed by atoms with van der Waals surface area (Å²) in [5, 5.41) is 25.7. The quantitative estimate of drug-likeness (QED) is 0.146. The summed E-state index contributed by atoms with van der Waals surface area (Å²) < 4.78 is 0. The average molecular weight is 493 g/mol. The maximum atomic E-state index is 13.1. The van der Waals surface area contributed by atoms with Gasteiger partial charge in [0.15, 0.2) is 0 Å². The number of hydrogen-bond acceptors (Lipinski definition) is 8. The number of carbonyl (C=O) groups excluding carboxylic acids is 3. The molecule has 0 saturated carbocycles. The highest BCUT2D eigenvalue weighted by Crippen LogP contribution is 2.06. The van der Waals surface area contributed by atoms with Crippen molar-refractivity contribution in [1.29, 1.82) is 0 Å². The van der Waals surface area contributed by atoms with Crippen LogP contribution in [-0.2, 0) is 32.0 Å². The molecule has 1 aromatic carbocycles. The lowest BCUT2D eigenvalue weighted by molar-refractivity contribution is -0.143. The summed E-state index contributed by atoms with van der Waals surface area (Å²) >= 11 is 3.99. The molecule has 0 bridgehead atoms. The molecule has 8 N–H and O–H groups in total. The third kappa shape index (κ3) is 8.17. The lowest BCUT2D eigenvalue weighted by Gasteiger charge is -2.25. The molecule has 0 aliphatic rings. The Hall–Kier alpha value is -3.42. The van der Waals surface area contributed by atoms with Crippen molar-refractivity contribution in [3.05, 3.63) is 54.1 Å². The number of aliphatic carboxylic acids is 1. The van der Waals surface area contributed by atoms with Crippen LogP contribution in [0.25, 0.3) is 0 Å². The van der Waals surface area contributed by atoms with Crippen LogP contribution in [0.1, 0.15) is 11.3 Å². The van der Waals surface area contributed by atoms with Crippen LogP contribution in [0, 0.1) is 0 Å². The average Bonchev–Trinajstić information content (AvgIpc) is 3.34. The Morgan fingerprint density at radius 3 is 2.09 bits per heavy atom. The van der Waals surface area contributed by atoms with Gasteiger partial charge in [-0.2, -0.15) is 12.6 Å². The number of nitrogens with one attached hydrogen (secondary N) is 4. The number of aliphatic hydroxyl groups excluding tert-OH is 1. The standard InChI is InChI=1S/C21H28N6O6S/c22-14(10-34)18(29)25-16(7-13-8-23-11-24-13)20(31)26-15(6-12-4-2-1-3-5-12)19(30)27-17(9-28)21(32)33/h1-5,8,11,14-17,28,34H,6-7,9-10,22H2,(H,23,24)(H,25,29)(H,26,31)(H,27,30)(H,32,33). The monoisotopic (exact) mass is 492 g/mol. The second-order valence-corrected chi connectivity index (χ2v) is 7.83. The van der Waals surface area contributed by atoms with E-state index < -0.39 is 54.5 Å². The van der Waals surface area contributed by atoms with Gasteiger partial charge in [-0.25, -0.2) is 9.78 Å². The fraction of sp³-hybridized carbons (Fsp3) is 0.381. The van der Waals surface area contributed by atoms with E-state index in [4.69, 9.17) is 10.8 Å². The highest BCUT2D eigenvalue weighted by Gasteiger charge is 2.30. The first-order chi connectivity index (χ1) is 16.2. The van der Waals surface area contributed by atoms with Crippen LogP contribution in [0.5, 0.6) is 0 Å². The Morgan fingerprint density at radius 2 is 1.56 bits per heavy atom. The van der Waals surface area contributed by atoms with E-state index in [0.29, 0.717) is 11.3 Å². The Labute approximate surface area is 201 Å². The number of nitrogens with two attached hydrogens (primary N) is 1. The Balaban J connectivity index is 2.24. The van der Waals surface area contributed by atoms with Gasteiger partial charge in [0.2, 0.25) is 17.7 Å². The highest BCUT2D eigenvalue weighted by molar-refractivity contribution is 7.80. The number of nitrogens with zero attached hydrogens (tertiary/aromatic N) is 1. The number of imidazole rings is 1. The van der Waals surface area contributed by atoms with Gasteiger partial charge in [0.05, 0.1) is 19.0 Å². The molecule has 0 aliphatic heterocycles. The van der Waals surface area contributed by atoms with Gasteiger partial charge in [-0.3, -0.25) is 14.4 Å². The van der Waals surface area contributed by atoms with E-state index in [2.05, 4.69) is 38.5 Å². The number of H-pyrrole nitrogens is 1. The molecule has 13 heteroatoms. The van der Waals surface area contributed by atoms with E-state index in [-0.39, 0.29) is 18.6 Å². The maximum absolute atomic E-state index is 13.1. The van der Waals surface area contributed by atoms with E-state index in [1.54, 1.807) is 30.3 Å². The molecule has 1 aromatic heterocycles. The van der Waals surface area contributed by atoms with E-state index in [1.165, 1.54) is 12.5 Å². The number of carboxylic acid groups (broad SMARTS) is 1. The molecule has 4 atom stereocenters. The molecular formula is C21H28N6O6S. The minimum atomic E-state index is -1.54. The normalized spacial score (nSPS) is 14.3. The first-order valence-corrected chi connectivity index (χ1v) is 11.0. The lowest BCUT2D eigenvalue weighted by Crippen LogP contribution is -2.58. The number of aliphatic hydroxyl groups is 1. The highest BCUT2D eigenvalue weighted by atomic mass is 32.1. The number of aromatic nitrogens is 2. The van der Waals surface area contributed by atoms with Crippen molar-refractivity contribution in [2.75, 3.05) is 12.4 Å². The molecule has 0 fully saturated rings. The van der Waals surface area contributed by atoms with E-state index >= 15 is 0 Å². The molecule has 0 aliphatic carbocycles. The summed E-state index contributed by atoms with van der Waals surface area (Å²) in [4.78, 5) is 56.3. The first-order valence-electron chi connectivity index (χ1n) is 10.4. The minimum Gasteiger partial charge on any atom is -0.480 e. The number of rotatable bonds is 13. The van der Waals surface area contributed by atoms with Crippen LogP contribution in [0.2, 0.25) is 0 Å². The predicted molar refractivity (Wildman–Crippen MR) is 125 cm³/mol. The topological polar surface area (TPSA) is 200 Å². The second kappa shape index (κ2) is 13.3. The molecule has 0 saturated heterocycles. The Bertz CT molecular complexity index is 958. The third-order valence-corrected chi connectivity index (χ3v) is 5.25. The largest absolute Gasteiger partial charge is 0.480 e. The fourth-order valence-corrected chi connectivity index (χ4v) is 3.14. The fourth-order valence-electron chi connectivity index (χ4n) is 2.98. The smallest absolute Gasteiger partial charge is 0.328 e. The van der Waals surface area contributed by atoms with Crippen LogP contribution >= 0.6 is 12.6 Å². The van der Waals surface area contributed by atoms with Crippen molar-refractivity contribution in [3.63, 3.8) is 0 Å². The van der Waals surface area contributed by atoms with Gasteiger partial charge >= 0.3 is 5.97 Å². The Morgan fingerprint density at radius 1 is 0.971 bits per heavy atom.